The number of carboxylic acid groups (broad SMARTS) is 1. The summed E-state index contributed by atoms with van der Waals surface area (Å²) in [7, 11) is 0. The van der Waals surface area contributed by atoms with Crippen LogP contribution in [0.25, 0.3) is 11.0 Å². The largest absolute Gasteiger partial charge is 0.480 e. The van der Waals surface area contributed by atoms with Crippen molar-refractivity contribution in [1.29, 1.82) is 0 Å². The third kappa shape index (κ3) is 5.59. The molecule has 0 atom stereocenters. The maximum Gasteiger partial charge on any atom is 0.323 e. The number of benzene rings is 2. The molecule has 0 aliphatic heterocycles. The van der Waals surface area contributed by atoms with Gasteiger partial charge in [0, 0.05) is 25.4 Å². The quantitative estimate of drug-likeness (QED) is 0.509. The van der Waals surface area contributed by atoms with Crippen molar-refractivity contribution in [1.82, 2.24) is 14.5 Å². The summed E-state index contributed by atoms with van der Waals surface area (Å²) in [6.45, 7) is 0.209. The van der Waals surface area contributed by atoms with Gasteiger partial charge in [0.25, 0.3) is 0 Å². The highest BCUT2D eigenvalue weighted by Crippen LogP contribution is 2.34. The van der Waals surface area contributed by atoms with E-state index in [4.69, 9.17) is 4.98 Å². The molecular weight excluding hydrogens is 421 g/mol. The molecule has 0 unspecified atom stereocenters. The number of aryl methyl sites for hydroxylation is 1. The fourth-order valence-electron chi connectivity index (χ4n) is 4.78. The first kappa shape index (κ1) is 23.0. The van der Waals surface area contributed by atoms with E-state index in [1.807, 2.05) is 24.3 Å². The topological polar surface area (TPSA) is 75.4 Å². The summed E-state index contributed by atoms with van der Waals surface area (Å²) in [5.74, 6) is -0.256. The summed E-state index contributed by atoms with van der Waals surface area (Å²) in [5, 5.41) is 9.31. The van der Waals surface area contributed by atoms with Gasteiger partial charge >= 0.3 is 5.97 Å². The zero-order valence-corrected chi connectivity index (χ0v) is 18.8. The van der Waals surface area contributed by atoms with E-state index in [9.17, 15) is 19.1 Å². The number of aliphatic carboxylic acids is 1. The van der Waals surface area contributed by atoms with Crippen molar-refractivity contribution < 1.29 is 19.1 Å². The van der Waals surface area contributed by atoms with Crippen molar-refractivity contribution in [3.05, 3.63) is 65.7 Å². The summed E-state index contributed by atoms with van der Waals surface area (Å²) in [6.07, 6.45) is 6.28. The highest BCUT2D eigenvalue weighted by molar-refractivity contribution is 5.82. The van der Waals surface area contributed by atoms with Gasteiger partial charge in [0.2, 0.25) is 5.91 Å². The lowest BCUT2D eigenvalue weighted by Crippen LogP contribution is -2.37. The molecule has 0 bridgehead atoms. The zero-order chi connectivity index (χ0) is 23.2. The van der Waals surface area contributed by atoms with E-state index in [1.165, 1.54) is 30.2 Å². The van der Waals surface area contributed by atoms with Gasteiger partial charge < -0.3 is 14.6 Å². The second-order valence-electron chi connectivity index (χ2n) is 8.75. The Morgan fingerprint density at radius 1 is 1.06 bits per heavy atom. The monoisotopic (exact) mass is 451 g/mol. The molecule has 0 saturated heterocycles. The number of carbonyl (C=O) groups excluding carboxylic acids is 1. The second kappa shape index (κ2) is 10.6. The van der Waals surface area contributed by atoms with Crippen LogP contribution in [0.2, 0.25) is 0 Å². The average Bonchev–Trinajstić information content (AvgIpc) is 3.20. The minimum absolute atomic E-state index is 0.159. The molecular formula is C26H30FN3O3. The van der Waals surface area contributed by atoms with E-state index in [0.717, 1.165) is 29.7 Å². The third-order valence-electron chi connectivity index (χ3n) is 6.49. The first-order valence-corrected chi connectivity index (χ1v) is 11.7. The number of hydrogen-bond acceptors (Lipinski definition) is 3. The number of aromatic nitrogens is 2. The molecule has 1 aliphatic carbocycles. The van der Waals surface area contributed by atoms with E-state index in [2.05, 4.69) is 4.57 Å². The summed E-state index contributed by atoms with van der Waals surface area (Å²) < 4.78 is 16.1. The van der Waals surface area contributed by atoms with Crippen LogP contribution in [0, 0.1) is 5.82 Å². The fourth-order valence-corrected chi connectivity index (χ4v) is 4.78. The van der Waals surface area contributed by atoms with Crippen LogP contribution < -0.4 is 0 Å². The number of carboxylic acids is 1. The summed E-state index contributed by atoms with van der Waals surface area (Å²) in [5.41, 5.74) is 2.40. The lowest BCUT2D eigenvalue weighted by Gasteiger charge is -2.24. The standard InChI is InChI=1S/C26H30FN3O3/c27-21-11-5-4-8-19(21)14-16-29(18-25(32)33)24(31)15-17-30-23-13-7-6-12-22(23)28-26(30)20-9-2-1-3-10-20/h4-8,11-13,20H,1-3,9-10,14-18H2,(H,32,33). The molecule has 174 valence electrons. The van der Waals surface area contributed by atoms with Crippen LogP contribution in [0.5, 0.6) is 0 Å². The highest BCUT2D eigenvalue weighted by atomic mass is 19.1. The Morgan fingerprint density at radius 2 is 1.79 bits per heavy atom. The molecule has 1 aliphatic rings. The van der Waals surface area contributed by atoms with Gasteiger partial charge in [0.15, 0.2) is 0 Å². The lowest BCUT2D eigenvalue weighted by atomic mass is 9.88. The minimum atomic E-state index is -1.08. The van der Waals surface area contributed by atoms with E-state index < -0.39 is 12.5 Å². The Balaban J connectivity index is 1.49. The number of amides is 1. The molecule has 4 rings (SSSR count). The van der Waals surface area contributed by atoms with E-state index in [0.29, 0.717) is 18.0 Å². The maximum absolute atomic E-state index is 14.0. The van der Waals surface area contributed by atoms with Gasteiger partial charge in [0.1, 0.15) is 18.2 Å². The number of carbonyl (C=O) groups is 2. The van der Waals surface area contributed by atoms with Gasteiger partial charge in [0.05, 0.1) is 11.0 Å². The van der Waals surface area contributed by atoms with Crippen molar-refractivity contribution in [2.45, 2.75) is 57.4 Å². The van der Waals surface area contributed by atoms with Gasteiger partial charge in [-0.3, -0.25) is 9.59 Å². The molecule has 1 saturated carbocycles. The van der Waals surface area contributed by atoms with Crippen LogP contribution in [-0.2, 0) is 22.6 Å². The maximum atomic E-state index is 14.0. The molecule has 0 spiro atoms. The van der Waals surface area contributed by atoms with Crippen LogP contribution in [0.3, 0.4) is 0 Å². The number of nitrogens with zero attached hydrogens (tertiary/aromatic N) is 3. The van der Waals surface area contributed by atoms with Gasteiger partial charge in [-0.25, -0.2) is 9.37 Å². The molecule has 7 heteroatoms. The molecule has 3 aromatic rings. The summed E-state index contributed by atoms with van der Waals surface area (Å²) in [6, 6.07) is 14.3. The Labute approximate surface area is 193 Å². The van der Waals surface area contributed by atoms with Crippen molar-refractivity contribution in [2.75, 3.05) is 13.1 Å². The number of halogens is 1. The summed E-state index contributed by atoms with van der Waals surface area (Å²) in [4.78, 5) is 30.6. The molecule has 2 aromatic carbocycles. The molecule has 6 nitrogen and oxygen atoms in total. The number of imidazole rings is 1. The zero-order valence-electron chi connectivity index (χ0n) is 18.8. The van der Waals surface area contributed by atoms with Crippen LogP contribution in [0.4, 0.5) is 4.39 Å². The third-order valence-corrected chi connectivity index (χ3v) is 6.49. The molecule has 0 radical (unpaired) electrons. The predicted molar refractivity (Wildman–Crippen MR) is 124 cm³/mol. The van der Waals surface area contributed by atoms with Gasteiger partial charge in [-0.1, -0.05) is 49.6 Å². The van der Waals surface area contributed by atoms with Gasteiger partial charge in [-0.15, -0.1) is 0 Å². The molecule has 1 heterocycles. The van der Waals surface area contributed by atoms with Crippen molar-refractivity contribution >= 4 is 22.9 Å². The molecule has 1 fully saturated rings. The normalized spacial score (nSPS) is 14.5. The lowest BCUT2D eigenvalue weighted by molar-refractivity contribution is -0.144. The van der Waals surface area contributed by atoms with E-state index in [1.54, 1.807) is 18.2 Å². The second-order valence-corrected chi connectivity index (χ2v) is 8.75. The average molecular weight is 452 g/mol. The highest BCUT2D eigenvalue weighted by Gasteiger charge is 2.24. The van der Waals surface area contributed by atoms with Gasteiger partial charge in [-0.2, -0.15) is 0 Å². The SMILES string of the molecule is O=C(O)CN(CCc1ccccc1F)C(=O)CCn1c(C2CCCCC2)nc2ccccc21. The number of rotatable bonds is 9. The Kier molecular flexibility index (Phi) is 7.37. The molecule has 1 N–H and O–H groups in total. The Bertz CT molecular complexity index is 1120. The van der Waals surface area contributed by atoms with Crippen molar-refractivity contribution in [3.63, 3.8) is 0 Å². The minimum Gasteiger partial charge on any atom is -0.480 e. The van der Waals surface area contributed by atoms with E-state index in [-0.39, 0.29) is 31.1 Å². The molecule has 33 heavy (non-hydrogen) atoms. The first-order chi connectivity index (χ1) is 16.0. The number of fused-ring (bicyclic) bond motifs is 1. The number of hydrogen-bond donors (Lipinski definition) is 1. The van der Waals surface area contributed by atoms with Crippen LogP contribution in [-0.4, -0.2) is 44.5 Å². The molecule has 1 amide bonds. The summed E-state index contributed by atoms with van der Waals surface area (Å²) >= 11 is 0. The molecule has 1 aromatic heterocycles. The smallest absolute Gasteiger partial charge is 0.323 e. The van der Waals surface area contributed by atoms with E-state index >= 15 is 0 Å². The van der Waals surface area contributed by atoms with Gasteiger partial charge in [-0.05, 0) is 43.0 Å². The Hall–Kier alpha value is -3.22. The van der Waals surface area contributed by atoms with Crippen molar-refractivity contribution in [3.8, 4) is 0 Å². The van der Waals surface area contributed by atoms with Crippen molar-refractivity contribution in [2.24, 2.45) is 0 Å². The number of para-hydroxylation sites is 2. The first-order valence-electron chi connectivity index (χ1n) is 11.7. The fraction of sp³-hybridized carbons (Fsp3) is 0.423. The Morgan fingerprint density at radius 3 is 2.55 bits per heavy atom. The van der Waals surface area contributed by atoms with Crippen LogP contribution in [0.1, 0.15) is 55.8 Å². The van der Waals surface area contributed by atoms with Crippen LogP contribution in [0.15, 0.2) is 48.5 Å². The van der Waals surface area contributed by atoms with Crippen LogP contribution >= 0.6 is 0 Å². The predicted octanol–water partition coefficient (Wildman–Crippen LogP) is 4.77.